The fraction of sp³-hybridized carbons (Fsp3) is 0.0667. The molecule has 0 unspecified atom stereocenters. The van der Waals surface area contributed by atoms with Gasteiger partial charge in [-0.05, 0) is 24.3 Å². The molecule has 2 aromatic rings. The smallest absolute Gasteiger partial charge is 0.193 e. The summed E-state index contributed by atoms with van der Waals surface area (Å²) in [7, 11) is 0. The van der Waals surface area contributed by atoms with Crippen LogP contribution in [-0.2, 0) is 0 Å². The van der Waals surface area contributed by atoms with Crippen LogP contribution in [0.2, 0.25) is 0 Å². The van der Waals surface area contributed by atoms with Crippen molar-refractivity contribution in [2.45, 2.75) is 0 Å². The summed E-state index contributed by atoms with van der Waals surface area (Å²) in [5, 5.41) is 0. The highest BCUT2D eigenvalue weighted by atomic mass is 35.5. The van der Waals surface area contributed by atoms with Gasteiger partial charge in [0.15, 0.2) is 5.78 Å². The molecule has 0 radical (unpaired) electrons. The second-order valence-corrected chi connectivity index (χ2v) is 4.25. The van der Waals surface area contributed by atoms with Crippen LogP contribution in [0.25, 0.3) is 0 Å². The van der Waals surface area contributed by atoms with Gasteiger partial charge in [0, 0.05) is 11.1 Å². The minimum absolute atomic E-state index is 0.0126. The summed E-state index contributed by atoms with van der Waals surface area (Å²) < 4.78 is 0. The maximum absolute atomic E-state index is 12.2. The van der Waals surface area contributed by atoms with E-state index in [1.165, 1.54) is 0 Å². The molecule has 0 spiro atoms. The van der Waals surface area contributed by atoms with Crippen molar-refractivity contribution in [3.63, 3.8) is 0 Å². The molecule has 0 aliphatic carbocycles. The standard InChI is InChI=1S/C15H13ClN2O/c16-10-14(17)18-13-8-6-12(7-9-13)15(19)11-4-2-1-3-5-11/h1-9H,10H2,(H2,17,18). The van der Waals surface area contributed by atoms with Crippen molar-refractivity contribution in [3.8, 4) is 0 Å². The quantitative estimate of drug-likeness (QED) is 0.402. The number of nitrogens with two attached hydrogens (primary N) is 1. The van der Waals surface area contributed by atoms with Crippen molar-refractivity contribution in [2.75, 3.05) is 5.88 Å². The molecule has 0 heterocycles. The third-order valence-electron chi connectivity index (χ3n) is 2.58. The summed E-state index contributed by atoms with van der Waals surface area (Å²) in [6.45, 7) is 0. The second-order valence-electron chi connectivity index (χ2n) is 3.98. The van der Waals surface area contributed by atoms with Gasteiger partial charge in [0.05, 0.1) is 11.6 Å². The molecule has 19 heavy (non-hydrogen) atoms. The van der Waals surface area contributed by atoms with Crippen molar-refractivity contribution in [3.05, 3.63) is 65.7 Å². The maximum Gasteiger partial charge on any atom is 0.193 e. The Labute approximate surface area is 116 Å². The van der Waals surface area contributed by atoms with E-state index in [1.54, 1.807) is 36.4 Å². The first kappa shape index (κ1) is 13.3. The number of carbonyl (C=O) groups is 1. The molecule has 0 atom stereocenters. The van der Waals surface area contributed by atoms with Crippen molar-refractivity contribution in [1.29, 1.82) is 0 Å². The number of aliphatic imine (C=N–C) groups is 1. The van der Waals surface area contributed by atoms with E-state index in [2.05, 4.69) is 4.99 Å². The molecule has 0 amide bonds. The van der Waals surface area contributed by atoms with Gasteiger partial charge in [-0.2, -0.15) is 0 Å². The lowest BCUT2D eigenvalue weighted by Crippen LogP contribution is -2.12. The summed E-state index contributed by atoms with van der Waals surface area (Å²) >= 11 is 5.55. The largest absolute Gasteiger partial charge is 0.386 e. The molecule has 0 aromatic heterocycles. The lowest BCUT2D eigenvalue weighted by molar-refractivity contribution is 0.103. The molecule has 0 aliphatic heterocycles. The summed E-state index contributed by atoms with van der Waals surface area (Å²) in [5.41, 5.74) is 7.51. The Bertz CT molecular complexity index is 591. The maximum atomic E-state index is 12.2. The SMILES string of the molecule is NC(CCl)=Nc1ccc(C(=O)c2ccccc2)cc1. The minimum atomic E-state index is -0.0126. The molecule has 2 rings (SSSR count). The fourth-order valence-corrected chi connectivity index (χ4v) is 1.70. The Balaban J connectivity index is 2.22. The van der Waals surface area contributed by atoms with Crippen LogP contribution in [0.15, 0.2) is 59.6 Å². The molecule has 4 heteroatoms. The van der Waals surface area contributed by atoms with E-state index in [9.17, 15) is 4.79 Å². The van der Waals surface area contributed by atoms with Crippen molar-refractivity contribution >= 4 is 28.9 Å². The number of alkyl halides is 1. The van der Waals surface area contributed by atoms with Crippen LogP contribution < -0.4 is 5.73 Å². The highest BCUT2D eigenvalue weighted by Gasteiger charge is 2.07. The van der Waals surface area contributed by atoms with Crippen LogP contribution in [0.4, 0.5) is 5.69 Å². The van der Waals surface area contributed by atoms with Crippen molar-refractivity contribution in [1.82, 2.24) is 0 Å². The first-order valence-corrected chi connectivity index (χ1v) is 6.33. The monoisotopic (exact) mass is 272 g/mol. The van der Waals surface area contributed by atoms with E-state index in [0.717, 1.165) is 0 Å². The van der Waals surface area contributed by atoms with Gasteiger partial charge in [0.2, 0.25) is 0 Å². The summed E-state index contributed by atoms with van der Waals surface area (Å²) in [5.74, 6) is 0.523. The predicted octanol–water partition coefficient (Wildman–Crippen LogP) is 3.15. The number of benzene rings is 2. The zero-order valence-electron chi connectivity index (χ0n) is 10.2. The number of hydrogen-bond acceptors (Lipinski definition) is 2. The molecule has 0 saturated heterocycles. The number of nitrogens with zero attached hydrogens (tertiary/aromatic N) is 1. The average molecular weight is 273 g/mol. The van der Waals surface area contributed by atoms with E-state index < -0.39 is 0 Å². The van der Waals surface area contributed by atoms with Crippen LogP contribution in [0, 0.1) is 0 Å². The normalized spacial score (nSPS) is 11.3. The predicted molar refractivity (Wildman–Crippen MR) is 78.3 cm³/mol. The summed E-state index contributed by atoms with van der Waals surface area (Å²) in [4.78, 5) is 16.3. The van der Waals surface area contributed by atoms with Crippen molar-refractivity contribution in [2.24, 2.45) is 10.7 Å². The van der Waals surface area contributed by atoms with E-state index >= 15 is 0 Å². The second kappa shape index (κ2) is 6.16. The molecule has 0 fully saturated rings. The van der Waals surface area contributed by atoms with Crippen LogP contribution in [0.3, 0.4) is 0 Å². The minimum Gasteiger partial charge on any atom is -0.386 e. The first-order chi connectivity index (χ1) is 9.20. The molecule has 0 aliphatic rings. The van der Waals surface area contributed by atoms with Crippen LogP contribution in [-0.4, -0.2) is 17.5 Å². The molecule has 0 bridgehead atoms. The van der Waals surface area contributed by atoms with Gasteiger partial charge >= 0.3 is 0 Å². The average Bonchev–Trinajstić information content (AvgIpc) is 2.48. The van der Waals surface area contributed by atoms with E-state index in [1.807, 2.05) is 18.2 Å². The zero-order chi connectivity index (χ0) is 13.7. The molecule has 96 valence electrons. The first-order valence-electron chi connectivity index (χ1n) is 5.79. The van der Waals surface area contributed by atoms with Gasteiger partial charge in [-0.3, -0.25) is 4.79 Å². The molecular weight excluding hydrogens is 260 g/mol. The van der Waals surface area contributed by atoms with Gasteiger partial charge in [-0.15, -0.1) is 11.6 Å². The topological polar surface area (TPSA) is 55.4 Å². The number of amidine groups is 1. The third kappa shape index (κ3) is 3.42. The molecular formula is C15H13ClN2O. The molecule has 2 N–H and O–H groups in total. The summed E-state index contributed by atoms with van der Waals surface area (Å²) in [6, 6.07) is 16.1. The Morgan fingerprint density at radius 1 is 1.00 bits per heavy atom. The van der Waals surface area contributed by atoms with Crippen LogP contribution in [0.1, 0.15) is 15.9 Å². The van der Waals surface area contributed by atoms with E-state index in [4.69, 9.17) is 17.3 Å². The van der Waals surface area contributed by atoms with Crippen LogP contribution in [0.5, 0.6) is 0 Å². The van der Waals surface area contributed by atoms with E-state index in [-0.39, 0.29) is 11.7 Å². The van der Waals surface area contributed by atoms with Gasteiger partial charge in [0.25, 0.3) is 0 Å². The van der Waals surface area contributed by atoms with Gasteiger partial charge in [0.1, 0.15) is 5.84 Å². The van der Waals surface area contributed by atoms with Crippen molar-refractivity contribution < 1.29 is 4.79 Å². The number of halogens is 1. The Kier molecular flexibility index (Phi) is 4.31. The summed E-state index contributed by atoms with van der Waals surface area (Å²) in [6.07, 6.45) is 0. The number of ketones is 1. The number of hydrogen-bond donors (Lipinski definition) is 1. The van der Waals surface area contributed by atoms with E-state index in [0.29, 0.717) is 22.6 Å². The Morgan fingerprint density at radius 2 is 1.58 bits per heavy atom. The van der Waals surface area contributed by atoms with Gasteiger partial charge in [-0.25, -0.2) is 4.99 Å². The van der Waals surface area contributed by atoms with Crippen LogP contribution >= 0.6 is 11.6 Å². The highest BCUT2D eigenvalue weighted by Crippen LogP contribution is 2.16. The third-order valence-corrected chi connectivity index (χ3v) is 2.85. The van der Waals surface area contributed by atoms with Gasteiger partial charge < -0.3 is 5.73 Å². The fourth-order valence-electron chi connectivity index (χ4n) is 1.64. The Hall–Kier alpha value is -2.13. The lowest BCUT2D eigenvalue weighted by atomic mass is 10.0. The highest BCUT2D eigenvalue weighted by molar-refractivity contribution is 6.28. The zero-order valence-corrected chi connectivity index (χ0v) is 11.0. The number of carbonyl (C=O) groups excluding carboxylic acids is 1. The molecule has 2 aromatic carbocycles. The molecule has 0 saturated carbocycles. The lowest BCUT2D eigenvalue weighted by Gasteiger charge is -2.02. The van der Waals surface area contributed by atoms with Gasteiger partial charge in [-0.1, -0.05) is 30.3 Å². The number of rotatable bonds is 4. The molecule has 3 nitrogen and oxygen atoms in total. The Morgan fingerprint density at radius 3 is 2.16 bits per heavy atom.